The van der Waals surface area contributed by atoms with Crippen molar-refractivity contribution in [2.45, 2.75) is 31.6 Å². The number of aliphatic carboxylic acids is 1. The number of hydrogen-bond donors (Lipinski definition) is 3. The van der Waals surface area contributed by atoms with Gasteiger partial charge in [0, 0.05) is 12.5 Å². The van der Waals surface area contributed by atoms with Crippen LogP contribution in [-0.4, -0.2) is 48.7 Å². The van der Waals surface area contributed by atoms with Crippen LogP contribution >= 0.6 is 0 Å². The van der Waals surface area contributed by atoms with Gasteiger partial charge >= 0.3 is 18.0 Å². The topological polar surface area (TPSA) is 105 Å². The first-order valence-corrected chi connectivity index (χ1v) is 10.7. The molecule has 1 atom stereocenters. The predicted octanol–water partition coefficient (Wildman–Crippen LogP) is 3.78. The molecule has 0 saturated heterocycles. The number of carbonyl (C=O) groups excluding carboxylic acids is 2. The Kier molecular flexibility index (Phi) is 7.63. The predicted molar refractivity (Wildman–Crippen MR) is 117 cm³/mol. The van der Waals surface area contributed by atoms with Crippen molar-refractivity contribution >= 4 is 18.0 Å². The summed E-state index contributed by atoms with van der Waals surface area (Å²) in [6.45, 7) is 0.175. The maximum atomic E-state index is 14.1. The van der Waals surface area contributed by atoms with Crippen LogP contribution in [0, 0.1) is 5.92 Å². The van der Waals surface area contributed by atoms with E-state index in [1.54, 1.807) is 0 Å². The fourth-order valence-corrected chi connectivity index (χ4v) is 3.78. The van der Waals surface area contributed by atoms with Crippen LogP contribution in [0.1, 0.15) is 36.8 Å². The molecule has 33 heavy (non-hydrogen) atoms. The van der Waals surface area contributed by atoms with Gasteiger partial charge in [-0.2, -0.15) is 8.78 Å². The molecule has 3 rings (SSSR count). The number of carboxylic acid groups (broad SMARTS) is 1. The first kappa shape index (κ1) is 24.2. The van der Waals surface area contributed by atoms with Gasteiger partial charge in [0.1, 0.15) is 6.61 Å². The number of hydrogen-bond acceptors (Lipinski definition) is 4. The van der Waals surface area contributed by atoms with Crippen molar-refractivity contribution < 1.29 is 33.0 Å². The monoisotopic (exact) mass is 460 g/mol. The fourth-order valence-electron chi connectivity index (χ4n) is 3.78. The maximum absolute atomic E-state index is 14.1. The second kappa shape index (κ2) is 10.4. The molecule has 0 aliphatic heterocycles. The number of carboxylic acids is 1. The molecule has 2 aromatic rings. The lowest BCUT2D eigenvalue weighted by molar-refractivity contribution is -0.144. The molecule has 3 N–H and O–H groups in total. The molecule has 2 amide bonds. The first-order valence-electron chi connectivity index (χ1n) is 10.7. The number of fused-ring (bicyclic) bond motifs is 3. The van der Waals surface area contributed by atoms with Crippen LogP contribution in [0.3, 0.4) is 0 Å². The van der Waals surface area contributed by atoms with E-state index < -0.39 is 36.4 Å². The van der Waals surface area contributed by atoms with E-state index in [0.717, 1.165) is 22.3 Å². The van der Waals surface area contributed by atoms with Gasteiger partial charge in [-0.3, -0.25) is 9.59 Å². The highest BCUT2D eigenvalue weighted by atomic mass is 19.3. The maximum Gasteiger partial charge on any atom is 0.407 e. The summed E-state index contributed by atoms with van der Waals surface area (Å²) in [5.41, 5.74) is 4.08. The fraction of sp³-hybridized carbons (Fsp3) is 0.375. The Morgan fingerprint density at radius 1 is 1.03 bits per heavy atom. The Balaban J connectivity index is 1.46. The van der Waals surface area contributed by atoms with E-state index >= 15 is 0 Å². The molecule has 1 aliphatic rings. The van der Waals surface area contributed by atoms with Crippen LogP contribution in [0.2, 0.25) is 0 Å². The van der Waals surface area contributed by atoms with Gasteiger partial charge in [-0.25, -0.2) is 4.79 Å². The third-order valence-corrected chi connectivity index (χ3v) is 5.65. The molecule has 0 bridgehead atoms. The van der Waals surface area contributed by atoms with Crippen LogP contribution in [0.15, 0.2) is 48.5 Å². The van der Waals surface area contributed by atoms with Crippen LogP contribution in [0.4, 0.5) is 13.6 Å². The van der Waals surface area contributed by atoms with Gasteiger partial charge in [-0.1, -0.05) is 55.5 Å². The minimum absolute atomic E-state index is 0.0284. The molecule has 0 aromatic heterocycles. The lowest BCUT2D eigenvalue weighted by Gasteiger charge is -2.18. The quantitative estimate of drug-likeness (QED) is 0.468. The summed E-state index contributed by atoms with van der Waals surface area (Å²) in [4.78, 5) is 34.5. The molecular weight excluding hydrogens is 434 g/mol. The summed E-state index contributed by atoms with van der Waals surface area (Å²) in [5, 5.41) is 12.8. The molecule has 9 heteroatoms. The molecule has 0 heterocycles. The number of carbonyl (C=O) groups is 3. The van der Waals surface area contributed by atoms with E-state index in [1.165, 1.54) is 6.92 Å². The van der Waals surface area contributed by atoms with Crippen molar-refractivity contribution in [3.63, 3.8) is 0 Å². The van der Waals surface area contributed by atoms with E-state index in [9.17, 15) is 23.2 Å². The van der Waals surface area contributed by atoms with Gasteiger partial charge < -0.3 is 20.5 Å². The van der Waals surface area contributed by atoms with Gasteiger partial charge in [-0.15, -0.1) is 0 Å². The number of alkyl carbamates (subject to hydrolysis) is 1. The highest BCUT2D eigenvalue weighted by molar-refractivity contribution is 5.84. The standard InChI is InChI=1S/C24H26F2N2O5/c1-15(21(29)30)7-6-12-27-22(31)24(25,26)14-28-23(32)33-13-20-18-10-4-2-8-16(18)17-9-3-5-11-19(17)20/h2-5,8-11,15,20H,6-7,12-14H2,1H3,(H,27,31)(H,28,32)(H,29,30). The van der Waals surface area contributed by atoms with Crippen LogP contribution < -0.4 is 10.6 Å². The summed E-state index contributed by atoms with van der Waals surface area (Å²) in [5.74, 6) is -7.19. The SMILES string of the molecule is CC(CCCNC(=O)C(F)(F)CNC(=O)OCC1c2ccccc2-c2ccccc21)C(=O)O. The van der Waals surface area contributed by atoms with Gasteiger partial charge in [0.15, 0.2) is 0 Å². The summed E-state index contributed by atoms with van der Waals surface area (Å²) in [6, 6.07) is 15.5. The van der Waals surface area contributed by atoms with Gasteiger partial charge in [-0.05, 0) is 35.1 Å². The number of benzene rings is 2. The summed E-state index contributed by atoms with van der Waals surface area (Å²) < 4.78 is 33.3. The zero-order chi connectivity index (χ0) is 24.0. The smallest absolute Gasteiger partial charge is 0.407 e. The van der Waals surface area contributed by atoms with E-state index in [2.05, 4.69) is 5.32 Å². The molecule has 176 valence electrons. The van der Waals surface area contributed by atoms with Gasteiger partial charge in [0.25, 0.3) is 5.91 Å². The number of alkyl halides is 2. The minimum Gasteiger partial charge on any atom is -0.481 e. The molecule has 0 saturated carbocycles. The van der Waals surface area contributed by atoms with Crippen molar-refractivity contribution in [3.05, 3.63) is 59.7 Å². The lowest BCUT2D eigenvalue weighted by Crippen LogP contribution is -2.48. The van der Waals surface area contributed by atoms with E-state index in [0.29, 0.717) is 0 Å². The Hall–Kier alpha value is -3.49. The molecule has 1 unspecified atom stereocenters. The van der Waals surface area contributed by atoms with Crippen molar-refractivity contribution in [1.82, 2.24) is 10.6 Å². The van der Waals surface area contributed by atoms with E-state index in [1.807, 2.05) is 53.8 Å². The van der Waals surface area contributed by atoms with Crippen molar-refractivity contribution in [2.24, 2.45) is 5.92 Å². The molecule has 2 aromatic carbocycles. The molecule has 7 nitrogen and oxygen atoms in total. The van der Waals surface area contributed by atoms with Crippen molar-refractivity contribution in [2.75, 3.05) is 19.7 Å². The largest absolute Gasteiger partial charge is 0.481 e. The second-order valence-corrected chi connectivity index (χ2v) is 8.02. The zero-order valence-corrected chi connectivity index (χ0v) is 18.1. The Morgan fingerprint density at radius 2 is 1.61 bits per heavy atom. The Bertz CT molecular complexity index is 982. The number of amides is 2. The van der Waals surface area contributed by atoms with Crippen LogP contribution in [0.25, 0.3) is 11.1 Å². The molecule has 0 spiro atoms. The highest BCUT2D eigenvalue weighted by Crippen LogP contribution is 2.44. The average Bonchev–Trinajstić information content (AvgIpc) is 3.12. The average molecular weight is 460 g/mol. The third kappa shape index (κ3) is 5.85. The molecular formula is C24H26F2N2O5. The van der Waals surface area contributed by atoms with Crippen molar-refractivity contribution in [3.8, 4) is 11.1 Å². The number of nitrogens with one attached hydrogen (secondary N) is 2. The van der Waals surface area contributed by atoms with E-state index in [4.69, 9.17) is 9.84 Å². The molecule has 1 aliphatic carbocycles. The Morgan fingerprint density at radius 3 is 2.18 bits per heavy atom. The zero-order valence-electron chi connectivity index (χ0n) is 18.1. The molecule has 0 fully saturated rings. The lowest BCUT2D eigenvalue weighted by atomic mass is 9.98. The number of halogens is 2. The number of rotatable bonds is 10. The summed E-state index contributed by atoms with van der Waals surface area (Å²) in [6.07, 6.45) is -0.548. The van der Waals surface area contributed by atoms with Crippen LogP contribution in [0.5, 0.6) is 0 Å². The summed E-state index contributed by atoms with van der Waals surface area (Å²) in [7, 11) is 0. The van der Waals surface area contributed by atoms with Gasteiger partial charge in [0.05, 0.1) is 12.5 Å². The molecule has 0 radical (unpaired) electrons. The van der Waals surface area contributed by atoms with Gasteiger partial charge in [0.2, 0.25) is 0 Å². The normalized spacial score (nSPS) is 13.5. The first-order chi connectivity index (χ1) is 15.7. The van der Waals surface area contributed by atoms with Crippen LogP contribution in [-0.2, 0) is 14.3 Å². The minimum atomic E-state index is -3.83. The highest BCUT2D eigenvalue weighted by Gasteiger charge is 2.39. The van der Waals surface area contributed by atoms with Crippen molar-refractivity contribution in [1.29, 1.82) is 0 Å². The third-order valence-electron chi connectivity index (χ3n) is 5.65. The second-order valence-electron chi connectivity index (χ2n) is 8.02. The van der Waals surface area contributed by atoms with E-state index in [-0.39, 0.29) is 31.9 Å². The Labute approximate surface area is 190 Å². The number of ether oxygens (including phenoxy) is 1. The summed E-state index contributed by atoms with van der Waals surface area (Å²) >= 11 is 0.